The second-order valence-electron chi connectivity index (χ2n) is 20.4. The Bertz CT molecular complexity index is 2530. The molecule has 0 atom stereocenters. The van der Waals surface area contributed by atoms with Gasteiger partial charge in [-0.25, -0.2) is 9.97 Å². The average Bonchev–Trinajstić information content (AvgIpc) is 4.20. The summed E-state index contributed by atoms with van der Waals surface area (Å²) in [5, 5.41) is 0. The molecule has 8 bridgehead atoms. The molecule has 3 aromatic heterocycles. The lowest BCUT2D eigenvalue weighted by molar-refractivity contribution is -0.890. The fourth-order valence-corrected chi connectivity index (χ4v) is 9.89. The first-order valence-electron chi connectivity index (χ1n) is 27.3. The Labute approximate surface area is 427 Å². The van der Waals surface area contributed by atoms with Gasteiger partial charge >= 0.3 is 0 Å². The van der Waals surface area contributed by atoms with Crippen molar-refractivity contribution in [1.82, 2.24) is 19.9 Å². The highest BCUT2D eigenvalue weighted by Gasteiger charge is 2.16. The molecule has 0 spiro atoms. The van der Waals surface area contributed by atoms with Gasteiger partial charge in [-0.05, 0) is 115 Å². The van der Waals surface area contributed by atoms with Gasteiger partial charge < -0.3 is 36.3 Å². The Morgan fingerprint density at radius 3 is 1.21 bits per heavy atom. The summed E-state index contributed by atoms with van der Waals surface area (Å²) in [7, 11) is 4.73. The van der Waals surface area contributed by atoms with Crippen molar-refractivity contribution in [1.29, 1.82) is 0 Å². The van der Waals surface area contributed by atoms with Crippen molar-refractivity contribution >= 4 is 46.4 Å². The van der Waals surface area contributed by atoms with E-state index in [1.54, 1.807) is 0 Å². The second-order valence-corrected chi connectivity index (χ2v) is 20.4. The molecule has 7 rings (SSSR count). The van der Waals surface area contributed by atoms with E-state index < -0.39 is 0 Å². The van der Waals surface area contributed by atoms with E-state index in [2.05, 4.69) is 147 Å². The Morgan fingerprint density at radius 2 is 0.786 bits per heavy atom. The van der Waals surface area contributed by atoms with Gasteiger partial charge in [0.15, 0.2) is 0 Å². The molecule has 0 unspecified atom stereocenters. The van der Waals surface area contributed by atoms with Crippen LogP contribution in [-0.4, -0.2) is 64.8 Å². The smallest absolute Gasteiger partial charge is 0.119 e. The van der Waals surface area contributed by atoms with Crippen LogP contribution in [-0.2, 0) is 0 Å². The van der Waals surface area contributed by atoms with E-state index in [-0.39, 0.29) is 12.4 Å². The second kappa shape index (κ2) is 29.3. The lowest BCUT2D eigenvalue weighted by atomic mass is 10.0. The molecule has 0 saturated carbocycles. The van der Waals surface area contributed by atoms with Gasteiger partial charge in [0.2, 0.25) is 0 Å². The quantitative estimate of drug-likeness (QED) is 0.0336. The van der Waals surface area contributed by atoms with Crippen LogP contribution in [0.5, 0.6) is 11.5 Å². The zero-order chi connectivity index (χ0) is 47.9. The first-order valence-corrected chi connectivity index (χ1v) is 27.3. The molecule has 2 aliphatic heterocycles. The summed E-state index contributed by atoms with van der Waals surface area (Å²) < 4.78 is 13.6. The number of aromatic nitrogens is 4. The summed E-state index contributed by atoms with van der Waals surface area (Å²) in [6.07, 6.45) is 37.9. The third-order valence-corrected chi connectivity index (χ3v) is 14.0. The van der Waals surface area contributed by atoms with Crippen molar-refractivity contribution in [2.75, 3.05) is 40.4 Å². The number of halogens is 1. The maximum Gasteiger partial charge on any atom is 0.119 e. The van der Waals surface area contributed by atoms with Gasteiger partial charge in [-0.2, -0.15) is 0 Å². The molecular weight excluding hydrogens is 882 g/mol. The number of H-pyrrole nitrogens is 2. The maximum atomic E-state index is 6.29. The van der Waals surface area contributed by atoms with Crippen LogP contribution >= 0.6 is 0 Å². The van der Waals surface area contributed by atoms with Crippen molar-refractivity contribution in [3.8, 4) is 33.8 Å². The predicted molar refractivity (Wildman–Crippen MR) is 295 cm³/mol. The predicted octanol–water partition coefficient (Wildman–Crippen LogP) is 14.4. The van der Waals surface area contributed by atoms with Crippen LogP contribution in [0.15, 0.2) is 84.9 Å². The van der Waals surface area contributed by atoms with E-state index in [4.69, 9.17) is 19.4 Å². The molecule has 7 nitrogen and oxygen atoms in total. The van der Waals surface area contributed by atoms with Crippen LogP contribution in [0.1, 0.15) is 178 Å². The monoisotopic (exact) mass is 966 g/mol. The topological polar surface area (TPSA) is 75.8 Å². The third-order valence-electron chi connectivity index (χ3n) is 14.0. The Balaban J connectivity index is 0.00000804. The van der Waals surface area contributed by atoms with Crippen LogP contribution < -0.4 is 21.9 Å². The van der Waals surface area contributed by atoms with Crippen LogP contribution in [0.25, 0.3) is 68.6 Å². The number of aromatic amines is 2. The standard InChI is InChI=1S/C62H84N5O2.ClH/c1-5-7-9-11-13-15-16-17-18-19-21-23-25-45-68-55-35-27-49(28-36-55)61-57-39-31-51(63-57)47-53-33-41-59(65-53)62(60-42-34-54(66-60)48-52-32-40-58(61)64-52)50-29-37-56(38-30-50)69-46-26-44-67(3,4)43-24-22-20-14-12-10-8-6-2;/h27-42,47-48,63,66H,5-26,43-46H2,1-4H3;1H/q+1;/p-1. The molecule has 70 heavy (non-hydrogen) atoms. The fraction of sp³-hybridized carbons (Fsp3) is 0.484. The number of ether oxygens (including phenoxy) is 2. The third kappa shape index (κ3) is 17.3. The lowest BCUT2D eigenvalue weighted by Gasteiger charge is -2.30. The lowest BCUT2D eigenvalue weighted by Crippen LogP contribution is -3.00. The van der Waals surface area contributed by atoms with E-state index in [1.807, 2.05) is 0 Å². The summed E-state index contributed by atoms with van der Waals surface area (Å²) in [5.41, 5.74) is 11.8. The van der Waals surface area contributed by atoms with E-state index in [1.165, 1.54) is 135 Å². The number of hydrogen-bond donors (Lipinski definition) is 2. The molecule has 0 amide bonds. The molecule has 5 aromatic rings. The number of benzene rings is 2. The summed E-state index contributed by atoms with van der Waals surface area (Å²) in [6, 6.07) is 29.8. The van der Waals surface area contributed by atoms with Crippen molar-refractivity contribution < 1.29 is 26.4 Å². The molecule has 8 heteroatoms. The molecule has 0 radical (unpaired) electrons. The highest BCUT2D eigenvalue weighted by Crippen LogP contribution is 2.34. The molecular formula is C62H84ClN5O2. The minimum Gasteiger partial charge on any atom is -1.00 e. The summed E-state index contributed by atoms with van der Waals surface area (Å²) in [5.74, 6) is 1.80. The fourth-order valence-electron chi connectivity index (χ4n) is 9.89. The summed E-state index contributed by atoms with van der Waals surface area (Å²) >= 11 is 0. The van der Waals surface area contributed by atoms with Gasteiger partial charge in [0, 0.05) is 39.6 Å². The molecule has 2 aliphatic rings. The number of quaternary nitrogens is 1. The van der Waals surface area contributed by atoms with E-state index >= 15 is 0 Å². The molecule has 0 saturated heterocycles. The minimum absolute atomic E-state index is 0. The van der Waals surface area contributed by atoms with Crippen LogP contribution in [0.2, 0.25) is 0 Å². The minimum atomic E-state index is 0. The highest BCUT2D eigenvalue weighted by atomic mass is 35.5. The molecule has 2 aromatic carbocycles. The Morgan fingerprint density at radius 1 is 0.414 bits per heavy atom. The average molecular weight is 967 g/mol. The van der Waals surface area contributed by atoms with Crippen molar-refractivity contribution in [2.45, 2.75) is 155 Å². The zero-order valence-electron chi connectivity index (χ0n) is 43.3. The number of unbranched alkanes of at least 4 members (excludes halogenated alkanes) is 19. The normalized spacial score (nSPS) is 12.1. The number of nitrogens with one attached hydrogen (secondary N) is 2. The van der Waals surface area contributed by atoms with Crippen LogP contribution in [0.4, 0.5) is 0 Å². The first kappa shape index (κ1) is 54.2. The molecule has 0 fully saturated rings. The number of fused-ring (bicyclic) bond motifs is 8. The Kier molecular flexibility index (Phi) is 22.7. The largest absolute Gasteiger partial charge is 1.00 e. The van der Waals surface area contributed by atoms with Crippen LogP contribution in [0, 0.1) is 0 Å². The number of nitrogens with zero attached hydrogens (tertiary/aromatic N) is 3. The van der Waals surface area contributed by atoms with Gasteiger partial charge in [0.05, 0.1) is 63.2 Å². The summed E-state index contributed by atoms with van der Waals surface area (Å²) in [4.78, 5) is 17.7. The number of hydrogen-bond acceptors (Lipinski definition) is 4. The maximum absolute atomic E-state index is 6.29. The van der Waals surface area contributed by atoms with Gasteiger partial charge in [0.1, 0.15) is 11.5 Å². The van der Waals surface area contributed by atoms with E-state index in [9.17, 15) is 0 Å². The summed E-state index contributed by atoms with van der Waals surface area (Å²) in [6.45, 7) is 8.40. The van der Waals surface area contributed by atoms with Crippen molar-refractivity contribution in [3.05, 3.63) is 108 Å². The molecule has 0 aliphatic carbocycles. The first-order chi connectivity index (χ1) is 33.9. The SMILES string of the molecule is CCCCCCCCCCCCCCCOc1ccc(-c2c3nc(cc4ccc([nH]4)c(-c4ccc(OCCC[N+](C)(C)CCCCCCCCCC)cc4)c4nc(cc5ccc2[nH]5)C=C4)C=C3)cc1.[Cl-]. The van der Waals surface area contributed by atoms with Gasteiger partial charge in [0.25, 0.3) is 0 Å². The van der Waals surface area contributed by atoms with E-state index in [0.29, 0.717) is 6.61 Å². The van der Waals surface area contributed by atoms with Crippen LogP contribution in [0.3, 0.4) is 0 Å². The van der Waals surface area contributed by atoms with Gasteiger partial charge in [-0.1, -0.05) is 154 Å². The highest BCUT2D eigenvalue weighted by molar-refractivity contribution is 5.93. The number of rotatable bonds is 31. The van der Waals surface area contributed by atoms with Crippen molar-refractivity contribution in [3.63, 3.8) is 0 Å². The Hall–Kier alpha value is -5.11. The zero-order valence-corrected chi connectivity index (χ0v) is 44.1. The van der Waals surface area contributed by atoms with Gasteiger partial charge in [-0.3, -0.25) is 0 Å². The van der Waals surface area contributed by atoms with Crippen molar-refractivity contribution in [2.24, 2.45) is 0 Å². The van der Waals surface area contributed by atoms with E-state index in [0.717, 1.165) is 109 Å². The molecule has 376 valence electrons. The molecule has 5 heterocycles. The van der Waals surface area contributed by atoms with Gasteiger partial charge in [-0.15, -0.1) is 0 Å². The molecule has 2 N–H and O–H groups in total.